The van der Waals surface area contributed by atoms with Crippen LogP contribution in [0.5, 0.6) is 0 Å². The molecule has 2 aromatic rings. The van der Waals surface area contributed by atoms with Gasteiger partial charge in [-0.15, -0.1) is 0 Å². The topological polar surface area (TPSA) is 105 Å². The van der Waals surface area contributed by atoms with E-state index < -0.39 is 10.0 Å². The third kappa shape index (κ3) is 4.63. The Balaban J connectivity index is 1.56. The number of aryl methyl sites for hydroxylation is 1. The summed E-state index contributed by atoms with van der Waals surface area (Å²) in [5.41, 5.74) is 0. The molecule has 0 aliphatic carbocycles. The SMILES string of the molecule is Cc1cc(NC(=O)CSc2ccc(S(=O)(=O)N3CCCCC3)cn2)no1. The fraction of sp³-hybridized carbons (Fsp3) is 0.438. The van der Waals surface area contributed by atoms with Crippen molar-refractivity contribution in [1.82, 2.24) is 14.4 Å². The molecule has 140 valence electrons. The van der Waals surface area contributed by atoms with Gasteiger partial charge in [-0.2, -0.15) is 4.31 Å². The Morgan fingerprint density at radius 1 is 1.31 bits per heavy atom. The van der Waals surface area contributed by atoms with Gasteiger partial charge in [-0.25, -0.2) is 13.4 Å². The maximum atomic E-state index is 12.6. The molecule has 0 aromatic carbocycles. The lowest BCUT2D eigenvalue weighted by molar-refractivity contribution is -0.113. The van der Waals surface area contributed by atoms with Gasteiger partial charge in [0.2, 0.25) is 15.9 Å². The maximum absolute atomic E-state index is 12.6. The molecular weight excluding hydrogens is 376 g/mol. The fourth-order valence-corrected chi connectivity index (χ4v) is 4.71. The number of pyridine rings is 1. The van der Waals surface area contributed by atoms with Gasteiger partial charge in [0.05, 0.1) is 10.8 Å². The summed E-state index contributed by atoms with van der Waals surface area (Å²) in [7, 11) is -3.48. The number of aromatic nitrogens is 2. The van der Waals surface area contributed by atoms with Crippen molar-refractivity contribution in [3.05, 3.63) is 30.2 Å². The van der Waals surface area contributed by atoms with Crippen molar-refractivity contribution in [3.63, 3.8) is 0 Å². The Morgan fingerprint density at radius 3 is 2.69 bits per heavy atom. The minimum Gasteiger partial charge on any atom is -0.360 e. The molecule has 1 aliphatic heterocycles. The number of anilines is 1. The van der Waals surface area contributed by atoms with E-state index in [-0.39, 0.29) is 16.6 Å². The molecule has 3 heterocycles. The van der Waals surface area contributed by atoms with E-state index in [1.807, 2.05) is 0 Å². The zero-order chi connectivity index (χ0) is 18.6. The molecule has 26 heavy (non-hydrogen) atoms. The number of hydrogen-bond acceptors (Lipinski definition) is 7. The van der Waals surface area contributed by atoms with Crippen molar-refractivity contribution in [2.45, 2.75) is 36.1 Å². The molecular formula is C16H20N4O4S2. The van der Waals surface area contributed by atoms with E-state index in [1.165, 1.54) is 28.3 Å². The van der Waals surface area contributed by atoms with Gasteiger partial charge in [0.1, 0.15) is 10.7 Å². The van der Waals surface area contributed by atoms with Crippen LogP contribution in [0.2, 0.25) is 0 Å². The lowest BCUT2D eigenvalue weighted by Crippen LogP contribution is -2.35. The van der Waals surface area contributed by atoms with E-state index in [4.69, 9.17) is 4.52 Å². The number of carbonyl (C=O) groups excluding carboxylic acids is 1. The normalized spacial score (nSPS) is 15.7. The number of nitrogens with zero attached hydrogens (tertiary/aromatic N) is 3. The van der Waals surface area contributed by atoms with Crippen molar-refractivity contribution < 1.29 is 17.7 Å². The smallest absolute Gasteiger partial charge is 0.244 e. The molecule has 1 saturated heterocycles. The summed E-state index contributed by atoms with van der Waals surface area (Å²) in [4.78, 5) is 16.2. The molecule has 8 nitrogen and oxygen atoms in total. The molecule has 1 amide bonds. The predicted octanol–water partition coefficient (Wildman–Crippen LogP) is 2.28. The van der Waals surface area contributed by atoms with Gasteiger partial charge in [-0.05, 0) is 31.9 Å². The summed E-state index contributed by atoms with van der Waals surface area (Å²) in [5, 5.41) is 6.89. The molecule has 3 rings (SSSR count). The Kier molecular flexibility index (Phi) is 5.94. The predicted molar refractivity (Wildman–Crippen MR) is 97.4 cm³/mol. The van der Waals surface area contributed by atoms with Crippen LogP contribution in [0.1, 0.15) is 25.0 Å². The minimum atomic E-state index is -3.48. The first-order valence-electron chi connectivity index (χ1n) is 8.27. The lowest BCUT2D eigenvalue weighted by Gasteiger charge is -2.25. The molecule has 10 heteroatoms. The van der Waals surface area contributed by atoms with Crippen LogP contribution in [-0.2, 0) is 14.8 Å². The molecule has 0 unspecified atom stereocenters. The highest BCUT2D eigenvalue weighted by atomic mass is 32.2. The molecule has 0 radical (unpaired) electrons. The Hall–Kier alpha value is -1.91. The summed E-state index contributed by atoms with van der Waals surface area (Å²) in [6.07, 6.45) is 4.20. The molecule has 1 aliphatic rings. The van der Waals surface area contributed by atoms with Gasteiger partial charge >= 0.3 is 0 Å². The second-order valence-electron chi connectivity index (χ2n) is 5.96. The molecule has 2 aromatic heterocycles. The number of nitrogens with one attached hydrogen (secondary N) is 1. The molecule has 1 fully saturated rings. The zero-order valence-corrected chi connectivity index (χ0v) is 16.0. The van der Waals surface area contributed by atoms with Gasteiger partial charge in [-0.3, -0.25) is 4.79 Å². The number of rotatable bonds is 6. The molecule has 1 N–H and O–H groups in total. The number of carbonyl (C=O) groups is 1. The van der Waals surface area contributed by atoms with E-state index >= 15 is 0 Å². The van der Waals surface area contributed by atoms with Crippen LogP contribution in [0.25, 0.3) is 0 Å². The summed E-state index contributed by atoms with van der Waals surface area (Å²) in [5.74, 6) is 0.871. The second kappa shape index (κ2) is 8.19. The number of thioether (sulfide) groups is 1. The first-order valence-corrected chi connectivity index (χ1v) is 10.7. The third-order valence-corrected chi connectivity index (χ3v) is 6.73. The summed E-state index contributed by atoms with van der Waals surface area (Å²) < 4.78 is 31.5. The van der Waals surface area contributed by atoms with Crippen LogP contribution < -0.4 is 5.32 Å². The van der Waals surface area contributed by atoms with Gasteiger partial charge in [-0.1, -0.05) is 23.3 Å². The lowest BCUT2D eigenvalue weighted by atomic mass is 10.2. The number of sulfonamides is 1. The first-order chi connectivity index (χ1) is 12.4. The number of hydrogen-bond donors (Lipinski definition) is 1. The summed E-state index contributed by atoms with van der Waals surface area (Å²) in [6, 6.07) is 4.79. The van der Waals surface area contributed by atoms with Gasteiger partial charge < -0.3 is 9.84 Å². The molecule has 0 spiro atoms. The highest BCUT2D eigenvalue weighted by Crippen LogP contribution is 2.22. The van der Waals surface area contributed by atoms with Crippen LogP contribution in [0, 0.1) is 6.92 Å². The monoisotopic (exact) mass is 396 g/mol. The van der Waals surface area contributed by atoms with Gasteiger partial charge in [0.25, 0.3) is 0 Å². The Morgan fingerprint density at radius 2 is 2.08 bits per heavy atom. The quantitative estimate of drug-likeness (QED) is 0.747. The molecule has 0 bridgehead atoms. The van der Waals surface area contributed by atoms with Gasteiger partial charge in [0, 0.05) is 25.4 Å². The van der Waals surface area contributed by atoms with Crippen molar-refractivity contribution in [2.75, 3.05) is 24.2 Å². The molecule has 0 saturated carbocycles. The number of piperidine rings is 1. The second-order valence-corrected chi connectivity index (χ2v) is 8.89. The standard InChI is InChI=1S/C16H20N4O4S2/c1-12-9-14(19-24-12)18-15(21)11-25-16-6-5-13(10-17-16)26(22,23)20-7-3-2-4-8-20/h5-6,9-10H,2-4,7-8,11H2,1H3,(H,18,19,21). The Labute approximate surface area is 156 Å². The zero-order valence-electron chi connectivity index (χ0n) is 14.3. The van der Waals surface area contributed by atoms with Crippen LogP contribution in [0.4, 0.5) is 5.82 Å². The highest BCUT2D eigenvalue weighted by Gasteiger charge is 2.26. The van der Waals surface area contributed by atoms with Crippen LogP contribution in [-0.4, -0.2) is 47.6 Å². The summed E-state index contributed by atoms with van der Waals surface area (Å²) >= 11 is 1.22. The van der Waals surface area contributed by atoms with Crippen LogP contribution >= 0.6 is 11.8 Å². The number of amides is 1. The van der Waals surface area contributed by atoms with Crippen LogP contribution in [0.3, 0.4) is 0 Å². The van der Waals surface area contributed by atoms with Crippen molar-refractivity contribution in [2.24, 2.45) is 0 Å². The van der Waals surface area contributed by atoms with Gasteiger partial charge in [0.15, 0.2) is 5.82 Å². The van der Waals surface area contributed by atoms with E-state index in [2.05, 4.69) is 15.5 Å². The first kappa shape index (κ1) is 18.9. The average molecular weight is 396 g/mol. The van der Waals surface area contributed by atoms with E-state index in [0.717, 1.165) is 19.3 Å². The average Bonchev–Trinajstić information content (AvgIpc) is 3.06. The highest BCUT2D eigenvalue weighted by molar-refractivity contribution is 7.99. The third-order valence-electron chi connectivity index (χ3n) is 3.91. The van der Waals surface area contributed by atoms with Crippen molar-refractivity contribution in [3.8, 4) is 0 Å². The Bertz CT molecular complexity index is 859. The van der Waals surface area contributed by atoms with E-state index in [1.54, 1.807) is 19.1 Å². The van der Waals surface area contributed by atoms with E-state index in [9.17, 15) is 13.2 Å². The van der Waals surface area contributed by atoms with Crippen molar-refractivity contribution >= 4 is 33.5 Å². The van der Waals surface area contributed by atoms with Crippen molar-refractivity contribution in [1.29, 1.82) is 0 Å². The fourth-order valence-electron chi connectivity index (χ4n) is 2.60. The van der Waals surface area contributed by atoms with Crippen LogP contribution in [0.15, 0.2) is 38.8 Å². The minimum absolute atomic E-state index is 0.136. The summed E-state index contributed by atoms with van der Waals surface area (Å²) in [6.45, 7) is 2.85. The van der Waals surface area contributed by atoms with E-state index in [0.29, 0.717) is 29.7 Å². The maximum Gasteiger partial charge on any atom is 0.244 e. The molecule has 0 atom stereocenters. The largest absolute Gasteiger partial charge is 0.360 e.